The van der Waals surface area contributed by atoms with E-state index in [1.54, 1.807) is 0 Å². The highest BCUT2D eigenvalue weighted by molar-refractivity contribution is 5.24. The lowest BCUT2D eigenvalue weighted by Crippen LogP contribution is -2.08. The van der Waals surface area contributed by atoms with Crippen LogP contribution in [0.2, 0.25) is 0 Å². The number of hydrogen-bond donors (Lipinski definition) is 0. The quantitative estimate of drug-likeness (QED) is 0.390. The molecule has 0 spiro atoms. The standard InChI is InChI=1S/C7HF6O/c8-2-1(7(13)14)3(9)5(11)6(12)4(2)10/h7H. The van der Waals surface area contributed by atoms with Crippen LogP contribution in [0.25, 0.3) is 0 Å². The Morgan fingerprint density at radius 2 is 1.00 bits per heavy atom. The summed E-state index contributed by atoms with van der Waals surface area (Å²) in [6.07, 6.45) is -3.51. The molecule has 7 heteroatoms. The fourth-order valence-corrected chi connectivity index (χ4v) is 0.821. The summed E-state index contributed by atoms with van der Waals surface area (Å²) in [5.41, 5.74) is -2.00. The van der Waals surface area contributed by atoms with Gasteiger partial charge in [0.15, 0.2) is 23.3 Å². The first-order valence-corrected chi connectivity index (χ1v) is 3.19. The Labute approximate surface area is 73.6 Å². The van der Waals surface area contributed by atoms with Crippen molar-refractivity contribution >= 4 is 0 Å². The molecule has 0 amide bonds. The summed E-state index contributed by atoms with van der Waals surface area (Å²) >= 11 is 0. The molecule has 1 aromatic rings. The Balaban J connectivity index is 3.60. The number of halogens is 6. The molecule has 1 unspecified atom stereocenters. The highest BCUT2D eigenvalue weighted by atomic mass is 19.2. The highest BCUT2D eigenvalue weighted by Crippen LogP contribution is 2.28. The van der Waals surface area contributed by atoms with Gasteiger partial charge in [-0.3, -0.25) is 0 Å². The minimum Gasteiger partial charge on any atom is -0.207 e. The summed E-state index contributed by atoms with van der Waals surface area (Å²) in [5, 5.41) is 9.98. The molecule has 0 saturated carbocycles. The van der Waals surface area contributed by atoms with E-state index in [-0.39, 0.29) is 0 Å². The van der Waals surface area contributed by atoms with Crippen LogP contribution in [0.3, 0.4) is 0 Å². The Bertz CT molecular complexity index is 346. The number of rotatable bonds is 1. The van der Waals surface area contributed by atoms with Crippen molar-refractivity contribution in [2.45, 2.75) is 6.36 Å². The topological polar surface area (TPSA) is 19.9 Å². The molecule has 0 aliphatic heterocycles. The van der Waals surface area contributed by atoms with Crippen LogP contribution >= 0.6 is 0 Å². The van der Waals surface area contributed by atoms with E-state index in [2.05, 4.69) is 0 Å². The molecule has 0 aliphatic carbocycles. The molecular formula is C7HF6O. The summed E-state index contributed by atoms with van der Waals surface area (Å²) in [6.45, 7) is 0. The van der Waals surface area contributed by atoms with Gasteiger partial charge in [0.2, 0.25) is 5.82 Å². The number of hydrogen-bond acceptors (Lipinski definition) is 0. The number of benzene rings is 1. The molecule has 1 rings (SSSR count). The maximum atomic E-state index is 12.5. The predicted molar refractivity (Wildman–Crippen MR) is 30.8 cm³/mol. The molecule has 0 N–H and O–H groups in total. The SMILES string of the molecule is [O]C(F)c1c(F)c(F)c(F)c(F)c1F. The Kier molecular flexibility index (Phi) is 2.70. The second-order valence-corrected chi connectivity index (χ2v) is 2.30. The van der Waals surface area contributed by atoms with Crippen LogP contribution in [-0.2, 0) is 5.11 Å². The fraction of sp³-hybridized carbons (Fsp3) is 0.143. The summed E-state index contributed by atoms with van der Waals surface area (Å²) < 4.78 is 73.8. The van der Waals surface area contributed by atoms with Crippen molar-refractivity contribution in [3.8, 4) is 0 Å². The van der Waals surface area contributed by atoms with Gasteiger partial charge in [-0.1, -0.05) is 0 Å². The first kappa shape index (κ1) is 10.8. The van der Waals surface area contributed by atoms with Gasteiger partial charge in [0.05, 0.1) is 5.56 Å². The van der Waals surface area contributed by atoms with Gasteiger partial charge in [-0.2, -0.15) is 5.11 Å². The van der Waals surface area contributed by atoms with Gasteiger partial charge in [0.25, 0.3) is 6.36 Å². The van der Waals surface area contributed by atoms with Crippen LogP contribution in [0.15, 0.2) is 0 Å². The van der Waals surface area contributed by atoms with Crippen molar-refractivity contribution in [2.24, 2.45) is 0 Å². The van der Waals surface area contributed by atoms with Crippen LogP contribution in [0.4, 0.5) is 26.3 Å². The van der Waals surface area contributed by atoms with Gasteiger partial charge in [0.1, 0.15) is 0 Å². The molecule has 1 nitrogen and oxygen atoms in total. The Morgan fingerprint density at radius 3 is 1.29 bits per heavy atom. The largest absolute Gasteiger partial charge is 0.262 e. The normalized spacial score (nSPS) is 13.1. The molecule has 1 aromatic carbocycles. The van der Waals surface area contributed by atoms with Crippen LogP contribution < -0.4 is 0 Å². The second kappa shape index (κ2) is 3.49. The van der Waals surface area contributed by atoms with Crippen LogP contribution in [0.1, 0.15) is 11.9 Å². The van der Waals surface area contributed by atoms with E-state index < -0.39 is 41.0 Å². The van der Waals surface area contributed by atoms with E-state index in [4.69, 9.17) is 0 Å². The first-order valence-electron chi connectivity index (χ1n) is 3.19. The van der Waals surface area contributed by atoms with Crippen molar-refractivity contribution in [3.63, 3.8) is 0 Å². The minimum absolute atomic E-state index is 2.00. The zero-order valence-electron chi connectivity index (χ0n) is 6.25. The van der Waals surface area contributed by atoms with E-state index in [0.29, 0.717) is 0 Å². The first-order chi connectivity index (χ1) is 6.37. The molecule has 0 bridgehead atoms. The van der Waals surface area contributed by atoms with Crippen molar-refractivity contribution < 1.29 is 31.4 Å². The molecule has 0 aromatic heterocycles. The molecule has 1 atom stereocenters. The number of alkyl halides is 1. The van der Waals surface area contributed by atoms with Crippen LogP contribution in [-0.4, -0.2) is 0 Å². The average Bonchev–Trinajstić information content (AvgIpc) is 2.11. The molecule has 0 heterocycles. The lowest BCUT2D eigenvalue weighted by Gasteiger charge is -2.06. The molecule has 0 aliphatic rings. The highest BCUT2D eigenvalue weighted by Gasteiger charge is 2.30. The summed E-state index contributed by atoms with van der Waals surface area (Å²) in [4.78, 5) is 0. The van der Waals surface area contributed by atoms with Gasteiger partial charge >= 0.3 is 0 Å². The van der Waals surface area contributed by atoms with Crippen LogP contribution in [0.5, 0.6) is 0 Å². The zero-order chi connectivity index (χ0) is 11.0. The van der Waals surface area contributed by atoms with Gasteiger partial charge in [-0.25, -0.2) is 26.3 Å². The maximum Gasteiger partial charge on any atom is 0.262 e. The average molecular weight is 215 g/mol. The molecular weight excluding hydrogens is 214 g/mol. The molecule has 0 saturated heterocycles. The summed E-state index contributed by atoms with van der Waals surface area (Å²) in [6, 6.07) is 0. The molecule has 1 radical (unpaired) electrons. The lowest BCUT2D eigenvalue weighted by molar-refractivity contribution is -0.0311. The molecule has 0 fully saturated rings. The molecule has 14 heavy (non-hydrogen) atoms. The predicted octanol–water partition coefficient (Wildman–Crippen LogP) is 2.78. The third kappa shape index (κ3) is 1.43. The van der Waals surface area contributed by atoms with E-state index in [0.717, 1.165) is 0 Å². The van der Waals surface area contributed by atoms with Gasteiger partial charge < -0.3 is 0 Å². The van der Waals surface area contributed by atoms with Gasteiger partial charge in [-0.05, 0) is 0 Å². The van der Waals surface area contributed by atoms with Gasteiger partial charge in [-0.15, -0.1) is 0 Å². The fourth-order valence-electron chi connectivity index (χ4n) is 0.821. The van der Waals surface area contributed by atoms with E-state index in [1.807, 2.05) is 0 Å². The van der Waals surface area contributed by atoms with Crippen molar-refractivity contribution in [1.29, 1.82) is 0 Å². The maximum absolute atomic E-state index is 12.5. The van der Waals surface area contributed by atoms with E-state index in [9.17, 15) is 31.4 Å². The monoisotopic (exact) mass is 215 g/mol. The van der Waals surface area contributed by atoms with E-state index >= 15 is 0 Å². The summed E-state index contributed by atoms with van der Waals surface area (Å²) in [5.74, 6) is -12.0. The lowest BCUT2D eigenvalue weighted by atomic mass is 10.1. The summed E-state index contributed by atoms with van der Waals surface area (Å²) in [7, 11) is 0. The van der Waals surface area contributed by atoms with Crippen molar-refractivity contribution in [2.75, 3.05) is 0 Å². The minimum atomic E-state index is -3.51. The van der Waals surface area contributed by atoms with Crippen LogP contribution in [0, 0.1) is 29.1 Å². The smallest absolute Gasteiger partial charge is 0.207 e. The van der Waals surface area contributed by atoms with Crippen molar-refractivity contribution in [1.82, 2.24) is 0 Å². The zero-order valence-corrected chi connectivity index (χ0v) is 6.25. The third-order valence-corrected chi connectivity index (χ3v) is 1.47. The third-order valence-electron chi connectivity index (χ3n) is 1.47. The Morgan fingerprint density at radius 1 is 0.714 bits per heavy atom. The van der Waals surface area contributed by atoms with Crippen molar-refractivity contribution in [3.05, 3.63) is 34.6 Å². The second-order valence-electron chi connectivity index (χ2n) is 2.30. The van der Waals surface area contributed by atoms with E-state index in [1.165, 1.54) is 0 Å². The Hall–Kier alpha value is -1.24. The molecule has 77 valence electrons. The van der Waals surface area contributed by atoms with Gasteiger partial charge in [0, 0.05) is 0 Å².